The molecule has 2 unspecified atom stereocenters. The molecule has 4 rings (SSSR count). The van der Waals surface area contributed by atoms with Crippen LogP contribution in [-0.4, -0.2) is 102 Å². The van der Waals surface area contributed by atoms with Crippen LogP contribution < -0.4 is 31.9 Å². The molecule has 65 heavy (non-hydrogen) atoms. The number of benzene rings is 3. The van der Waals surface area contributed by atoms with Gasteiger partial charge in [0.25, 0.3) is 0 Å². The van der Waals surface area contributed by atoms with E-state index in [9.17, 15) is 33.9 Å². The molecule has 7 N–H and O–H groups in total. The summed E-state index contributed by atoms with van der Waals surface area (Å²) in [6, 6.07) is 17.9. The van der Waals surface area contributed by atoms with Gasteiger partial charge in [-0.1, -0.05) is 80.6 Å². The first kappa shape index (κ1) is 51.4. The number of anilines is 1. The van der Waals surface area contributed by atoms with E-state index in [-0.39, 0.29) is 57.5 Å². The molecule has 354 valence electrons. The van der Waals surface area contributed by atoms with Gasteiger partial charge in [-0.3, -0.25) is 19.3 Å². The molecule has 0 radical (unpaired) electrons. The molecule has 1 aliphatic heterocycles. The van der Waals surface area contributed by atoms with E-state index in [2.05, 4.69) is 21.3 Å². The molecule has 0 spiro atoms. The number of nitrogens with one attached hydrogen (secondary N) is 4. The Bertz CT molecular complexity index is 2100. The number of rotatable bonds is 22. The third-order valence-corrected chi connectivity index (χ3v) is 10.4. The molecule has 0 bridgehead atoms. The van der Waals surface area contributed by atoms with Crippen molar-refractivity contribution in [2.24, 2.45) is 11.7 Å². The van der Waals surface area contributed by atoms with Crippen LogP contribution in [0.2, 0.25) is 0 Å². The number of fused-ring (bicyclic) bond motifs is 1. The van der Waals surface area contributed by atoms with Crippen LogP contribution in [-0.2, 0) is 40.0 Å². The molecule has 0 aliphatic carbocycles. The summed E-state index contributed by atoms with van der Waals surface area (Å²) in [5.74, 6) is -2.25. The number of hydrogen-bond acceptors (Lipinski definition) is 12. The third kappa shape index (κ3) is 16.4. The minimum absolute atomic E-state index is 0.0764. The number of nitrogens with zero attached hydrogens (tertiary/aromatic N) is 2. The van der Waals surface area contributed by atoms with Crippen molar-refractivity contribution in [1.29, 1.82) is 0 Å². The van der Waals surface area contributed by atoms with Gasteiger partial charge in [0.1, 0.15) is 37.0 Å². The van der Waals surface area contributed by atoms with Crippen LogP contribution in [0.1, 0.15) is 92.6 Å². The molecular formula is C48H67N7O10. The van der Waals surface area contributed by atoms with Gasteiger partial charge in [-0.05, 0) is 89.7 Å². The maximum Gasteiger partial charge on any atom is 0.408 e. The average molecular weight is 902 g/mol. The largest absolute Gasteiger partial charge is 0.464 e. The molecular weight excluding hydrogens is 835 g/mol. The second-order valence-corrected chi connectivity index (χ2v) is 17.5. The van der Waals surface area contributed by atoms with Crippen molar-refractivity contribution in [1.82, 2.24) is 26.2 Å². The van der Waals surface area contributed by atoms with Crippen LogP contribution in [0.4, 0.5) is 15.3 Å². The third-order valence-electron chi connectivity index (χ3n) is 10.4. The topological polar surface area (TPSA) is 231 Å². The highest BCUT2D eigenvalue weighted by molar-refractivity contribution is 5.96. The first-order valence-electron chi connectivity index (χ1n) is 22.3. The number of aliphatic hydroxyl groups excluding tert-OH is 1. The fourth-order valence-corrected chi connectivity index (χ4v) is 7.09. The summed E-state index contributed by atoms with van der Waals surface area (Å²) in [4.78, 5) is 83.6. The van der Waals surface area contributed by atoms with Gasteiger partial charge in [0, 0.05) is 30.2 Å². The first-order chi connectivity index (χ1) is 30.9. The van der Waals surface area contributed by atoms with Crippen LogP contribution in [0.25, 0.3) is 10.8 Å². The summed E-state index contributed by atoms with van der Waals surface area (Å²) < 4.78 is 16.0. The monoisotopic (exact) mass is 901 g/mol. The van der Waals surface area contributed by atoms with Gasteiger partial charge >= 0.3 is 18.2 Å². The van der Waals surface area contributed by atoms with E-state index in [0.29, 0.717) is 25.0 Å². The van der Waals surface area contributed by atoms with Crippen LogP contribution in [0.15, 0.2) is 84.7 Å². The Morgan fingerprint density at radius 3 is 2.14 bits per heavy atom. The van der Waals surface area contributed by atoms with Gasteiger partial charge in [0.05, 0.1) is 24.4 Å². The van der Waals surface area contributed by atoms with Crippen LogP contribution in [0, 0.1) is 5.92 Å². The Hall–Kier alpha value is -6.20. The van der Waals surface area contributed by atoms with Gasteiger partial charge < -0.3 is 51.2 Å². The first-order valence-corrected chi connectivity index (χ1v) is 22.3. The van der Waals surface area contributed by atoms with Crippen molar-refractivity contribution < 1.29 is 48.1 Å². The predicted molar refractivity (Wildman–Crippen MR) is 247 cm³/mol. The van der Waals surface area contributed by atoms with Gasteiger partial charge in [0.2, 0.25) is 17.7 Å². The summed E-state index contributed by atoms with van der Waals surface area (Å²) in [5.41, 5.74) is 7.21. The van der Waals surface area contributed by atoms with Crippen molar-refractivity contribution in [3.63, 3.8) is 0 Å². The van der Waals surface area contributed by atoms with Crippen LogP contribution in [0.5, 0.6) is 0 Å². The zero-order valence-electron chi connectivity index (χ0n) is 38.6. The molecule has 3 aromatic carbocycles. The molecule has 0 saturated carbocycles. The molecule has 1 heterocycles. The molecule has 5 amide bonds. The van der Waals surface area contributed by atoms with E-state index in [0.717, 1.165) is 22.0 Å². The molecule has 1 aliphatic rings. The number of ether oxygens (including phenoxy) is 3. The predicted octanol–water partition coefficient (Wildman–Crippen LogP) is 5.34. The highest BCUT2D eigenvalue weighted by Crippen LogP contribution is 2.34. The zero-order chi connectivity index (χ0) is 47.7. The maximum atomic E-state index is 14.5. The number of amides is 5. The molecule has 0 fully saturated rings. The number of alkyl carbamates (subject to hydrolysis) is 2. The number of carbonyl (C=O) groups excluding carboxylic acids is 6. The quantitative estimate of drug-likeness (QED) is 0.0426. The van der Waals surface area contributed by atoms with Gasteiger partial charge in [0.15, 0.2) is 0 Å². The highest BCUT2D eigenvalue weighted by atomic mass is 16.6. The lowest BCUT2D eigenvalue weighted by Gasteiger charge is -2.29. The van der Waals surface area contributed by atoms with Gasteiger partial charge in [-0.2, -0.15) is 0 Å². The number of carbonyl (C=O) groups is 6. The van der Waals surface area contributed by atoms with Gasteiger partial charge in [-0.25, -0.2) is 14.4 Å². The Morgan fingerprint density at radius 2 is 1.46 bits per heavy atom. The fourth-order valence-electron chi connectivity index (χ4n) is 7.09. The second kappa shape index (κ2) is 24.8. The van der Waals surface area contributed by atoms with Crippen molar-refractivity contribution in [2.75, 3.05) is 24.7 Å². The highest BCUT2D eigenvalue weighted by Gasteiger charge is 2.36. The SMILES string of the molecule is CCOC(=O)C(CCCCNC(=O)C(NC(=O)[C@H](CC1=CN(C(=O)[C@H](C)N)CN1c1cccc2ccccc12)NC(=O)OCc1ccccc1)[C@@H](O)CCC(C)C)NC(=O)OC(C)(C)C. The second-order valence-electron chi connectivity index (χ2n) is 17.5. The van der Waals surface area contributed by atoms with E-state index in [1.807, 2.05) is 67.3 Å². The molecule has 17 nitrogen and oxygen atoms in total. The van der Waals surface area contributed by atoms with Crippen molar-refractivity contribution in [3.8, 4) is 0 Å². The average Bonchev–Trinajstić information content (AvgIpc) is 3.68. The minimum Gasteiger partial charge on any atom is -0.464 e. The van der Waals surface area contributed by atoms with E-state index in [1.54, 1.807) is 65.1 Å². The Labute approximate surface area is 381 Å². The molecule has 0 aromatic heterocycles. The Morgan fingerprint density at radius 1 is 0.785 bits per heavy atom. The molecule has 17 heteroatoms. The van der Waals surface area contributed by atoms with Crippen molar-refractivity contribution in [3.05, 3.63) is 90.3 Å². The number of nitrogens with two attached hydrogens (primary N) is 1. The summed E-state index contributed by atoms with van der Waals surface area (Å²) in [7, 11) is 0. The van der Waals surface area contributed by atoms with Gasteiger partial charge in [-0.15, -0.1) is 0 Å². The maximum absolute atomic E-state index is 14.5. The minimum atomic E-state index is -1.44. The molecule has 0 saturated heterocycles. The summed E-state index contributed by atoms with van der Waals surface area (Å²) in [5, 5.41) is 24.0. The number of unbranched alkanes of at least 4 members (excludes halogenated alkanes) is 1. The lowest BCUT2D eigenvalue weighted by Crippen LogP contribution is -2.58. The van der Waals surface area contributed by atoms with E-state index in [1.165, 1.54) is 4.90 Å². The fraction of sp³-hybridized carbons (Fsp3) is 0.500. The van der Waals surface area contributed by atoms with Crippen molar-refractivity contribution >= 4 is 52.3 Å². The lowest BCUT2D eigenvalue weighted by atomic mass is 9.99. The zero-order valence-corrected chi connectivity index (χ0v) is 38.6. The normalized spacial score (nSPS) is 15.0. The van der Waals surface area contributed by atoms with Crippen molar-refractivity contribution in [2.45, 2.75) is 129 Å². The lowest BCUT2D eigenvalue weighted by molar-refractivity contribution is -0.146. The van der Waals surface area contributed by atoms with E-state index < -0.39 is 65.8 Å². The van der Waals surface area contributed by atoms with E-state index in [4.69, 9.17) is 19.9 Å². The Kier molecular flexibility index (Phi) is 19.6. The smallest absolute Gasteiger partial charge is 0.408 e. The standard InChI is InChI=1S/C48H67N7O10/c1-8-63-45(60)37(51-47(62)65-48(5,6)7)22-14-15-26-50-43(58)41(40(56)25-24-31(2)3)53-42(57)38(52-46(61)64-29-33-17-10-9-11-18-33)27-35-28-54(44(59)32(4)49)30-55(35)39-23-16-20-34-19-12-13-21-36(34)39/h9-13,16-21,23,28,31-32,37-38,40-41,56H,8,14-15,22,24-27,29-30,49H2,1-7H3,(H,50,58)(H,51,62)(H,52,61)(H,53,57)/t32-,37?,38-,40-,41?/m0/s1. The van der Waals surface area contributed by atoms with Crippen LogP contribution in [0.3, 0.4) is 0 Å². The van der Waals surface area contributed by atoms with Crippen LogP contribution >= 0.6 is 0 Å². The summed E-state index contributed by atoms with van der Waals surface area (Å²) in [6.07, 6.45) is 0.126. The summed E-state index contributed by atoms with van der Waals surface area (Å²) >= 11 is 0. The Balaban J connectivity index is 1.57. The van der Waals surface area contributed by atoms with E-state index >= 15 is 0 Å². The molecule has 5 atom stereocenters. The number of esters is 1. The molecule has 3 aromatic rings. The number of aliphatic hydroxyl groups is 1. The number of hydrogen-bond donors (Lipinski definition) is 6. The summed E-state index contributed by atoms with van der Waals surface area (Å²) in [6.45, 7) is 12.5.